The second-order valence-electron chi connectivity index (χ2n) is 6.97. The first kappa shape index (κ1) is 23.6. The third-order valence-electron chi connectivity index (χ3n) is 4.53. The van der Waals surface area contributed by atoms with Gasteiger partial charge < -0.3 is 14.2 Å². The Morgan fingerprint density at radius 1 is 1.10 bits per heavy atom. The van der Waals surface area contributed by atoms with E-state index in [4.69, 9.17) is 26.4 Å². The van der Waals surface area contributed by atoms with Crippen molar-refractivity contribution in [2.75, 3.05) is 26.9 Å². The van der Waals surface area contributed by atoms with E-state index in [0.29, 0.717) is 40.5 Å². The maximum atomic E-state index is 12.3. The molecule has 1 fully saturated rings. The SMILES string of the molecule is CCOc1cc(/C=C2\SC(=S)N(C)C2=O)cc(Br)c1OCCOc1ccc(C)cc1C. The average Bonchev–Trinajstić information content (AvgIpc) is 2.95. The zero-order valence-electron chi connectivity index (χ0n) is 17.9. The summed E-state index contributed by atoms with van der Waals surface area (Å²) in [6, 6.07) is 9.84. The molecule has 0 aromatic heterocycles. The van der Waals surface area contributed by atoms with Crippen LogP contribution in [0.25, 0.3) is 6.08 Å². The number of likely N-dealkylation sites (N-methyl/N-ethyl adjacent to an activating group) is 1. The third kappa shape index (κ3) is 5.81. The summed E-state index contributed by atoms with van der Waals surface area (Å²) in [5.74, 6) is 1.95. The first-order valence-electron chi connectivity index (χ1n) is 9.81. The number of aryl methyl sites for hydroxylation is 2. The summed E-state index contributed by atoms with van der Waals surface area (Å²) in [7, 11) is 1.68. The molecule has 8 heteroatoms. The van der Waals surface area contributed by atoms with Gasteiger partial charge in [0.15, 0.2) is 11.5 Å². The van der Waals surface area contributed by atoms with Gasteiger partial charge >= 0.3 is 0 Å². The smallest absolute Gasteiger partial charge is 0.265 e. The Labute approximate surface area is 200 Å². The highest BCUT2D eigenvalue weighted by Crippen LogP contribution is 2.39. The molecule has 0 spiro atoms. The van der Waals surface area contributed by atoms with Gasteiger partial charge in [0.2, 0.25) is 0 Å². The van der Waals surface area contributed by atoms with Gasteiger partial charge in [-0.3, -0.25) is 9.69 Å². The molecule has 3 rings (SSSR count). The van der Waals surface area contributed by atoms with E-state index in [1.54, 1.807) is 7.05 Å². The van der Waals surface area contributed by atoms with Gasteiger partial charge in [0.1, 0.15) is 23.3 Å². The number of hydrogen-bond acceptors (Lipinski definition) is 6. The van der Waals surface area contributed by atoms with Crippen LogP contribution in [-0.4, -0.2) is 42.0 Å². The number of thiocarbonyl (C=S) groups is 1. The topological polar surface area (TPSA) is 48.0 Å². The van der Waals surface area contributed by atoms with Crippen molar-refractivity contribution in [1.29, 1.82) is 0 Å². The van der Waals surface area contributed by atoms with Crippen LogP contribution in [0.2, 0.25) is 0 Å². The molecule has 0 radical (unpaired) electrons. The lowest BCUT2D eigenvalue weighted by Crippen LogP contribution is -2.22. The second kappa shape index (κ2) is 10.5. The number of amides is 1. The fourth-order valence-corrected chi connectivity index (χ4v) is 4.78. The number of carbonyl (C=O) groups excluding carboxylic acids is 1. The van der Waals surface area contributed by atoms with Gasteiger partial charge in [-0.15, -0.1) is 0 Å². The number of thioether (sulfide) groups is 1. The summed E-state index contributed by atoms with van der Waals surface area (Å²) in [5.41, 5.74) is 3.12. The number of rotatable bonds is 8. The maximum Gasteiger partial charge on any atom is 0.265 e. The van der Waals surface area contributed by atoms with Crippen molar-refractivity contribution in [2.45, 2.75) is 20.8 Å². The van der Waals surface area contributed by atoms with E-state index in [1.165, 1.54) is 22.2 Å². The summed E-state index contributed by atoms with van der Waals surface area (Å²) in [6.45, 7) is 7.25. The first-order chi connectivity index (χ1) is 14.8. The summed E-state index contributed by atoms with van der Waals surface area (Å²) < 4.78 is 18.9. The minimum atomic E-state index is -0.104. The molecular weight excluding hydrogens is 498 g/mol. The summed E-state index contributed by atoms with van der Waals surface area (Å²) >= 11 is 10.1. The number of halogens is 1. The van der Waals surface area contributed by atoms with Crippen LogP contribution in [0.1, 0.15) is 23.6 Å². The molecule has 2 aromatic carbocycles. The minimum absolute atomic E-state index is 0.104. The molecule has 1 saturated heterocycles. The molecular formula is C23H24BrNO4S2. The lowest BCUT2D eigenvalue weighted by atomic mass is 10.1. The van der Waals surface area contributed by atoms with Crippen molar-refractivity contribution < 1.29 is 19.0 Å². The highest BCUT2D eigenvalue weighted by molar-refractivity contribution is 9.10. The highest BCUT2D eigenvalue weighted by atomic mass is 79.9. The fraction of sp³-hybridized carbons (Fsp3) is 0.304. The van der Waals surface area contributed by atoms with E-state index in [1.807, 2.05) is 44.2 Å². The molecule has 0 aliphatic carbocycles. The molecule has 0 atom stereocenters. The number of ether oxygens (including phenoxy) is 3. The molecule has 0 unspecified atom stereocenters. The Morgan fingerprint density at radius 3 is 2.48 bits per heavy atom. The summed E-state index contributed by atoms with van der Waals surface area (Å²) in [5, 5.41) is 0. The number of nitrogens with zero attached hydrogens (tertiary/aromatic N) is 1. The lowest BCUT2D eigenvalue weighted by Gasteiger charge is -2.15. The molecule has 31 heavy (non-hydrogen) atoms. The molecule has 5 nitrogen and oxygen atoms in total. The zero-order valence-corrected chi connectivity index (χ0v) is 21.1. The zero-order chi connectivity index (χ0) is 22.5. The Morgan fingerprint density at radius 2 is 1.84 bits per heavy atom. The standard InChI is InChI=1S/C23H24BrNO4S2/c1-5-27-19-12-16(13-20-22(26)25(4)23(30)31-20)11-17(24)21(19)29-9-8-28-18-7-6-14(2)10-15(18)3/h6-7,10-13H,5,8-9H2,1-4H3/b20-13-. The van der Waals surface area contributed by atoms with Crippen LogP contribution in [-0.2, 0) is 4.79 Å². The Bertz CT molecular complexity index is 1040. The van der Waals surface area contributed by atoms with E-state index < -0.39 is 0 Å². The monoisotopic (exact) mass is 521 g/mol. The van der Waals surface area contributed by atoms with E-state index >= 15 is 0 Å². The van der Waals surface area contributed by atoms with Crippen molar-refractivity contribution in [3.8, 4) is 17.2 Å². The highest BCUT2D eigenvalue weighted by Gasteiger charge is 2.28. The average molecular weight is 522 g/mol. The van der Waals surface area contributed by atoms with E-state index in [0.717, 1.165) is 21.3 Å². The fourth-order valence-electron chi connectivity index (χ4n) is 3.03. The number of benzene rings is 2. The van der Waals surface area contributed by atoms with Gasteiger partial charge in [0, 0.05) is 7.05 Å². The lowest BCUT2D eigenvalue weighted by molar-refractivity contribution is -0.121. The second-order valence-corrected chi connectivity index (χ2v) is 9.50. The predicted octanol–water partition coefficient (Wildman–Crippen LogP) is 5.75. The Hall–Kier alpha value is -2.03. The van der Waals surface area contributed by atoms with Gasteiger partial charge in [-0.2, -0.15) is 0 Å². The van der Waals surface area contributed by atoms with Crippen molar-refractivity contribution in [1.82, 2.24) is 4.90 Å². The van der Waals surface area contributed by atoms with Crippen LogP contribution in [0.5, 0.6) is 17.2 Å². The molecule has 1 heterocycles. The van der Waals surface area contributed by atoms with Crippen LogP contribution < -0.4 is 14.2 Å². The van der Waals surface area contributed by atoms with Gasteiger partial charge in [-0.05, 0) is 72.1 Å². The van der Waals surface area contributed by atoms with Crippen LogP contribution in [0, 0.1) is 13.8 Å². The summed E-state index contributed by atoms with van der Waals surface area (Å²) in [4.78, 5) is 14.3. The van der Waals surface area contributed by atoms with Crippen molar-refractivity contribution >= 4 is 56.2 Å². The van der Waals surface area contributed by atoms with Crippen molar-refractivity contribution in [3.05, 3.63) is 56.4 Å². The third-order valence-corrected chi connectivity index (χ3v) is 6.61. The number of carbonyl (C=O) groups is 1. The largest absolute Gasteiger partial charge is 0.490 e. The Balaban J connectivity index is 1.71. The molecule has 0 saturated carbocycles. The van der Waals surface area contributed by atoms with Crippen molar-refractivity contribution in [3.63, 3.8) is 0 Å². The maximum absolute atomic E-state index is 12.3. The van der Waals surface area contributed by atoms with Crippen LogP contribution >= 0.6 is 39.9 Å². The molecule has 2 aromatic rings. The normalized spacial score (nSPS) is 15.0. The quantitative estimate of drug-likeness (QED) is 0.250. The van der Waals surface area contributed by atoms with Crippen LogP contribution in [0.3, 0.4) is 0 Å². The van der Waals surface area contributed by atoms with E-state index in [-0.39, 0.29) is 5.91 Å². The van der Waals surface area contributed by atoms with Crippen LogP contribution in [0.15, 0.2) is 39.7 Å². The Kier molecular flexibility index (Phi) is 8.02. The molecule has 0 N–H and O–H groups in total. The van der Waals surface area contributed by atoms with Gasteiger partial charge in [-0.25, -0.2) is 0 Å². The van der Waals surface area contributed by atoms with E-state index in [9.17, 15) is 4.79 Å². The molecule has 1 aliphatic rings. The molecule has 164 valence electrons. The summed E-state index contributed by atoms with van der Waals surface area (Å²) in [6.07, 6.45) is 1.81. The van der Waals surface area contributed by atoms with Gasteiger partial charge in [-0.1, -0.05) is 41.7 Å². The van der Waals surface area contributed by atoms with Gasteiger partial charge in [0.05, 0.1) is 16.0 Å². The molecule has 0 bridgehead atoms. The van der Waals surface area contributed by atoms with Gasteiger partial charge in [0.25, 0.3) is 5.91 Å². The predicted molar refractivity (Wildman–Crippen MR) is 133 cm³/mol. The molecule has 1 aliphatic heterocycles. The first-order valence-corrected chi connectivity index (χ1v) is 11.8. The molecule has 1 amide bonds. The van der Waals surface area contributed by atoms with Crippen LogP contribution in [0.4, 0.5) is 0 Å². The van der Waals surface area contributed by atoms with Crippen molar-refractivity contribution in [2.24, 2.45) is 0 Å². The van der Waals surface area contributed by atoms with E-state index in [2.05, 4.69) is 28.9 Å². The minimum Gasteiger partial charge on any atom is -0.490 e. The number of hydrogen-bond donors (Lipinski definition) is 0.